The fraction of sp³-hybridized carbons (Fsp3) is 0.818. The van der Waals surface area contributed by atoms with E-state index in [1.807, 2.05) is 0 Å². The van der Waals surface area contributed by atoms with Gasteiger partial charge in [0.1, 0.15) is 5.54 Å². The monoisotopic (exact) mass is 350 g/mol. The van der Waals surface area contributed by atoms with Crippen molar-refractivity contribution in [1.82, 2.24) is 20.8 Å². The maximum Gasteiger partial charge on any atom is 0.418 e. The van der Waals surface area contributed by atoms with Crippen molar-refractivity contribution in [3.63, 3.8) is 0 Å². The Hall–Kier alpha value is -1.47. The molecule has 12 heteroatoms. The van der Waals surface area contributed by atoms with Crippen LogP contribution < -0.4 is 10.8 Å². The Morgan fingerprint density at radius 3 is 2.70 bits per heavy atom. The van der Waals surface area contributed by atoms with E-state index in [-0.39, 0.29) is 19.0 Å². The van der Waals surface area contributed by atoms with Crippen LogP contribution in [0, 0.1) is 0 Å². The lowest BCUT2D eigenvalue weighted by molar-refractivity contribution is -0.143. The number of nitrogens with one attached hydrogen (secondary N) is 2. The number of urea groups is 1. The van der Waals surface area contributed by atoms with E-state index in [1.54, 1.807) is 5.48 Å². The summed E-state index contributed by atoms with van der Waals surface area (Å²) in [6, 6.07) is -1.38. The SMILES string of the molecule is O=C1N(OS(=O)(=O)O)C2CCC(C[C@H]3CCN3)(C(=O)NO)N1C2. The Labute approximate surface area is 132 Å². The normalized spacial score (nSPS) is 33.6. The molecule has 3 aliphatic heterocycles. The van der Waals surface area contributed by atoms with Gasteiger partial charge in [-0.1, -0.05) is 0 Å². The molecular formula is C11H18N4O7S. The highest BCUT2D eigenvalue weighted by molar-refractivity contribution is 7.80. The molecule has 3 fully saturated rings. The number of nitrogens with zero attached hydrogens (tertiary/aromatic N) is 2. The molecule has 2 bridgehead atoms. The average molecular weight is 350 g/mol. The minimum Gasteiger partial charge on any atom is -0.314 e. The number of hydroxylamine groups is 3. The standard InChI is InChI=1S/C11H18N4O7S/c16-9(13-18)11(5-7-2-4-12-7)3-1-8-6-14(11)10(17)15(8)22-23(19,20)21/h7-8,12,18H,1-6H2,(H,13,16)(H,19,20,21)/t7-,8?,11?/m1/s1. The van der Waals surface area contributed by atoms with E-state index in [4.69, 9.17) is 9.76 Å². The van der Waals surface area contributed by atoms with Gasteiger partial charge in [0, 0.05) is 12.6 Å². The number of hydrogen-bond donors (Lipinski definition) is 4. The predicted octanol–water partition coefficient (Wildman–Crippen LogP) is -1.38. The van der Waals surface area contributed by atoms with Gasteiger partial charge >= 0.3 is 16.4 Å². The summed E-state index contributed by atoms with van der Waals surface area (Å²) < 4.78 is 34.9. The summed E-state index contributed by atoms with van der Waals surface area (Å²) >= 11 is 0. The molecule has 11 nitrogen and oxygen atoms in total. The van der Waals surface area contributed by atoms with Crippen LogP contribution in [0.4, 0.5) is 4.79 Å². The molecule has 3 saturated heterocycles. The number of carbonyl (C=O) groups excluding carboxylic acids is 2. The molecule has 2 unspecified atom stereocenters. The molecule has 0 saturated carbocycles. The van der Waals surface area contributed by atoms with Crippen molar-refractivity contribution >= 4 is 22.3 Å². The minimum atomic E-state index is -4.84. The van der Waals surface area contributed by atoms with Gasteiger partial charge in [-0.25, -0.2) is 10.3 Å². The van der Waals surface area contributed by atoms with Gasteiger partial charge in [0.25, 0.3) is 5.91 Å². The van der Waals surface area contributed by atoms with E-state index in [1.165, 1.54) is 4.90 Å². The quantitative estimate of drug-likeness (QED) is 0.269. The van der Waals surface area contributed by atoms with Crippen molar-refractivity contribution in [2.75, 3.05) is 13.1 Å². The van der Waals surface area contributed by atoms with Crippen molar-refractivity contribution in [3.05, 3.63) is 0 Å². The number of piperidine rings is 1. The molecule has 3 amide bonds. The zero-order valence-corrected chi connectivity index (χ0v) is 13.0. The zero-order valence-electron chi connectivity index (χ0n) is 12.1. The van der Waals surface area contributed by atoms with E-state index in [2.05, 4.69) is 9.60 Å². The maximum absolute atomic E-state index is 12.5. The first-order chi connectivity index (χ1) is 10.8. The zero-order chi connectivity index (χ0) is 16.8. The predicted molar refractivity (Wildman–Crippen MR) is 73.3 cm³/mol. The van der Waals surface area contributed by atoms with Gasteiger partial charge < -0.3 is 10.2 Å². The Kier molecular flexibility index (Phi) is 3.96. The van der Waals surface area contributed by atoms with E-state index in [0.717, 1.165) is 13.0 Å². The Balaban J connectivity index is 1.88. The molecule has 130 valence electrons. The Morgan fingerprint density at radius 2 is 2.17 bits per heavy atom. The van der Waals surface area contributed by atoms with Gasteiger partial charge in [0.2, 0.25) is 0 Å². The second-order valence-electron chi connectivity index (χ2n) is 6.03. The van der Waals surface area contributed by atoms with Crippen molar-refractivity contribution < 1.29 is 32.1 Å². The third kappa shape index (κ3) is 2.76. The third-order valence-electron chi connectivity index (χ3n) is 4.76. The first kappa shape index (κ1) is 16.4. The molecule has 3 rings (SSSR count). The summed E-state index contributed by atoms with van der Waals surface area (Å²) in [6.45, 7) is 0.893. The topological polar surface area (TPSA) is 149 Å². The van der Waals surface area contributed by atoms with Crippen molar-refractivity contribution in [1.29, 1.82) is 0 Å². The Morgan fingerprint density at radius 1 is 1.48 bits per heavy atom. The van der Waals surface area contributed by atoms with Crippen LogP contribution in [0.5, 0.6) is 0 Å². The first-order valence-electron chi connectivity index (χ1n) is 7.22. The van der Waals surface area contributed by atoms with E-state index in [9.17, 15) is 18.0 Å². The van der Waals surface area contributed by atoms with Gasteiger partial charge in [-0.2, -0.15) is 13.5 Å². The molecule has 0 spiro atoms. The maximum atomic E-state index is 12.5. The van der Waals surface area contributed by atoms with Gasteiger partial charge in [-0.3, -0.25) is 14.6 Å². The molecule has 0 aromatic carbocycles. The highest BCUT2D eigenvalue weighted by Gasteiger charge is 2.58. The van der Waals surface area contributed by atoms with Crippen LogP contribution in [-0.2, 0) is 19.5 Å². The van der Waals surface area contributed by atoms with Crippen LogP contribution in [0.25, 0.3) is 0 Å². The molecule has 4 N–H and O–H groups in total. The molecular weight excluding hydrogens is 332 g/mol. The summed E-state index contributed by atoms with van der Waals surface area (Å²) in [7, 11) is -4.84. The molecule has 3 aliphatic rings. The summed E-state index contributed by atoms with van der Waals surface area (Å²) in [5.74, 6) is -0.716. The van der Waals surface area contributed by atoms with Crippen LogP contribution in [0.15, 0.2) is 0 Å². The molecule has 0 aromatic rings. The number of rotatable bonds is 5. The molecule has 0 radical (unpaired) electrons. The largest absolute Gasteiger partial charge is 0.418 e. The van der Waals surface area contributed by atoms with Gasteiger partial charge in [0.05, 0.1) is 6.04 Å². The second-order valence-corrected chi connectivity index (χ2v) is 7.03. The highest BCUT2D eigenvalue weighted by Crippen LogP contribution is 2.41. The van der Waals surface area contributed by atoms with Gasteiger partial charge in [-0.05, 0) is 32.2 Å². The van der Waals surface area contributed by atoms with Crippen LogP contribution >= 0.6 is 0 Å². The summed E-state index contributed by atoms with van der Waals surface area (Å²) in [6.07, 6.45) is 1.70. The van der Waals surface area contributed by atoms with Crippen LogP contribution in [0.3, 0.4) is 0 Å². The lowest BCUT2D eigenvalue weighted by atomic mass is 9.78. The van der Waals surface area contributed by atoms with Crippen molar-refractivity contribution in [2.45, 2.75) is 43.3 Å². The van der Waals surface area contributed by atoms with Gasteiger partial charge in [0.15, 0.2) is 0 Å². The van der Waals surface area contributed by atoms with Crippen LogP contribution in [-0.4, -0.2) is 70.8 Å². The summed E-state index contributed by atoms with van der Waals surface area (Å²) in [5.41, 5.74) is 0.328. The minimum absolute atomic E-state index is 0.0354. The smallest absolute Gasteiger partial charge is 0.314 e. The summed E-state index contributed by atoms with van der Waals surface area (Å²) in [5, 5.41) is 12.8. The van der Waals surface area contributed by atoms with Crippen LogP contribution in [0.2, 0.25) is 0 Å². The van der Waals surface area contributed by atoms with Crippen molar-refractivity contribution in [2.24, 2.45) is 0 Å². The number of hydrogen-bond acceptors (Lipinski definition) is 7. The van der Waals surface area contributed by atoms with E-state index >= 15 is 0 Å². The summed E-state index contributed by atoms with van der Waals surface area (Å²) in [4.78, 5) is 25.9. The molecule has 0 aliphatic carbocycles. The third-order valence-corrected chi connectivity index (χ3v) is 5.11. The second kappa shape index (κ2) is 5.56. The fourth-order valence-corrected chi connectivity index (χ4v) is 3.90. The molecule has 0 aromatic heterocycles. The fourth-order valence-electron chi connectivity index (χ4n) is 3.51. The first-order valence-corrected chi connectivity index (χ1v) is 8.59. The molecule has 3 heterocycles. The van der Waals surface area contributed by atoms with Crippen molar-refractivity contribution in [3.8, 4) is 0 Å². The van der Waals surface area contributed by atoms with Crippen LogP contribution in [0.1, 0.15) is 25.7 Å². The lowest BCUT2D eigenvalue weighted by Crippen LogP contribution is -2.64. The Bertz CT molecular complexity index is 622. The number of carbonyl (C=O) groups is 2. The van der Waals surface area contributed by atoms with Gasteiger partial charge in [-0.15, -0.1) is 4.28 Å². The van der Waals surface area contributed by atoms with E-state index < -0.39 is 33.9 Å². The number of fused-ring (bicyclic) bond motifs is 2. The lowest BCUT2D eigenvalue weighted by Gasteiger charge is -2.45. The average Bonchev–Trinajstić information content (AvgIpc) is 2.69. The molecule has 23 heavy (non-hydrogen) atoms. The highest BCUT2D eigenvalue weighted by atomic mass is 32.3. The number of amides is 3. The molecule has 3 atom stereocenters. The van der Waals surface area contributed by atoms with E-state index in [0.29, 0.717) is 17.9 Å².